The third kappa shape index (κ3) is 3.57. The predicted molar refractivity (Wildman–Crippen MR) is 81.3 cm³/mol. The molecule has 0 aliphatic carbocycles. The van der Waals surface area contributed by atoms with Crippen LogP contribution in [0.4, 0.5) is 5.69 Å². The van der Waals surface area contributed by atoms with Crippen LogP contribution in [0.15, 0.2) is 35.2 Å². The smallest absolute Gasteiger partial charge is 0.305 e. The number of carboxylic acid groups (broad SMARTS) is 1. The first-order valence-corrected chi connectivity index (χ1v) is 7.45. The van der Waals surface area contributed by atoms with Crippen LogP contribution >= 0.6 is 11.3 Å². The number of aliphatic carboxylic acids is 1. The van der Waals surface area contributed by atoms with E-state index in [0.29, 0.717) is 6.54 Å². The molecule has 0 aliphatic rings. The zero-order valence-corrected chi connectivity index (χ0v) is 12.4. The van der Waals surface area contributed by atoms with Crippen molar-refractivity contribution in [2.45, 2.75) is 26.3 Å². The Morgan fingerprint density at radius 3 is 2.65 bits per heavy atom. The van der Waals surface area contributed by atoms with E-state index in [9.17, 15) is 4.79 Å². The van der Waals surface area contributed by atoms with Gasteiger partial charge in [-0.2, -0.15) is 0 Å². The number of nitrogens with zero attached hydrogens (tertiary/aromatic N) is 2. The van der Waals surface area contributed by atoms with Crippen molar-refractivity contribution in [3.63, 3.8) is 0 Å². The van der Waals surface area contributed by atoms with Crippen LogP contribution in [0.25, 0.3) is 0 Å². The fourth-order valence-electron chi connectivity index (χ4n) is 2.09. The van der Waals surface area contributed by atoms with Crippen molar-refractivity contribution in [3.05, 3.63) is 46.4 Å². The van der Waals surface area contributed by atoms with Gasteiger partial charge < -0.3 is 10.0 Å². The molecule has 5 heteroatoms. The summed E-state index contributed by atoms with van der Waals surface area (Å²) in [5.74, 6) is -0.785. The molecule has 2 aromatic rings. The van der Waals surface area contributed by atoms with Gasteiger partial charge in [0.25, 0.3) is 0 Å². The Morgan fingerprint density at radius 1 is 1.40 bits per heavy atom. The molecule has 0 aliphatic heterocycles. The molecular weight excluding hydrogens is 272 g/mol. The zero-order chi connectivity index (χ0) is 14.5. The average Bonchev–Trinajstić information content (AvgIpc) is 2.94. The first kappa shape index (κ1) is 14.5. The van der Waals surface area contributed by atoms with E-state index in [-0.39, 0.29) is 12.5 Å². The summed E-state index contributed by atoms with van der Waals surface area (Å²) in [6.07, 6.45) is 0.113. The second kappa shape index (κ2) is 6.52. The van der Waals surface area contributed by atoms with Crippen LogP contribution < -0.4 is 4.90 Å². The molecule has 1 heterocycles. The van der Waals surface area contributed by atoms with Gasteiger partial charge in [0, 0.05) is 17.6 Å². The first-order chi connectivity index (χ1) is 9.58. The van der Waals surface area contributed by atoms with Crippen molar-refractivity contribution in [2.24, 2.45) is 0 Å². The van der Waals surface area contributed by atoms with E-state index in [0.717, 1.165) is 11.4 Å². The molecule has 0 bridgehead atoms. The monoisotopic (exact) mass is 290 g/mol. The van der Waals surface area contributed by atoms with Crippen LogP contribution in [-0.4, -0.2) is 22.6 Å². The molecule has 1 aromatic carbocycles. The predicted octanol–water partition coefficient (Wildman–Crippen LogP) is 3.49. The lowest BCUT2D eigenvalue weighted by Gasteiger charge is -2.30. The normalized spacial score (nSPS) is 12.1. The SMILES string of the molecule is Cc1ccc(N(CCC(=O)O)C(C)c2cscn2)cc1. The van der Waals surface area contributed by atoms with Gasteiger partial charge in [0.1, 0.15) is 0 Å². The fraction of sp³-hybridized carbons (Fsp3) is 0.333. The molecule has 2 rings (SSSR count). The molecule has 1 atom stereocenters. The Morgan fingerprint density at radius 2 is 2.10 bits per heavy atom. The lowest BCUT2D eigenvalue weighted by atomic mass is 10.1. The van der Waals surface area contributed by atoms with E-state index in [2.05, 4.69) is 16.8 Å². The number of aromatic nitrogens is 1. The quantitative estimate of drug-likeness (QED) is 0.884. The van der Waals surface area contributed by atoms with Crippen molar-refractivity contribution in [1.82, 2.24) is 4.98 Å². The molecule has 0 radical (unpaired) electrons. The summed E-state index contributed by atoms with van der Waals surface area (Å²) in [5.41, 5.74) is 4.99. The van der Waals surface area contributed by atoms with E-state index in [1.54, 1.807) is 16.8 Å². The molecule has 0 spiro atoms. The number of aryl methyl sites for hydroxylation is 1. The summed E-state index contributed by atoms with van der Waals surface area (Å²) in [7, 11) is 0. The summed E-state index contributed by atoms with van der Waals surface area (Å²) in [5, 5.41) is 10.9. The molecule has 1 N–H and O–H groups in total. The van der Waals surface area contributed by atoms with Crippen molar-refractivity contribution < 1.29 is 9.90 Å². The van der Waals surface area contributed by atoms with Gasteiger partial charge in [0.05, 0.1) is 23.7 Å². The van der Waals surface area contributed by atoms with E-state index in [1.165, 1.54) is 5.56 Å². The third-order valence-corrected chi connectivity index (χ3v) is 3.88. The average molecular weight is 290 g/mol. The van der Waals surface area contributed by atoms with Gasteiger partial charge in [-0.15, -0.1) is 11.3 Å². The molecular formula is C15H18N2O2S. The van der Waals surface area contributed by atoms with Crippen LogP contribution in [0.1, 0.15) is 30.6 Å². The molecule has 1 aromatic heterocycles. The first-order valence-electron chi connectivity index (χ1n) is 6.51. The minimum Gasteiger partial charge on any atom is -0.481 e. The Hall–Kier alpha value is -1.88. The van der Waals surface area contributed by atoms with Crippen molar-refractivity contribution in [2.75, 3.05) is 11.4 Å². The van der Waals surface area contributed by atoms with Gasteiger partial charge in [-0.05, 0) is 26.0 Å². The highest BCUT2D eigenvalue weighted by Gasteiger charge is 2.18. The fourth-order valence-corrected chi connectivity index (χ4v) is 2.73. The lowest BCUT2D eigenvalue weighted by Crippen LogP contribution is -2.29. The molecule has 0 saturated heterocycles. The number of benzene rings is 1. The van der Waals surface area contributed by atoms with Crippen molar-refractivity contribution in [1.29, 1.82) is 0 Å². The molecule has 0 amide bonds. The minimum atomic E-state index is -0.785. The summed E-state index contributed by atoms with van der Waals surface area (Å²) in [6.45, 7) is 4.56. The topological polar surface area (TPSA) is 53.4 Å². The van der Waals surface area contributed by atoms with Crippen LogP contribution in [-0.2, 0) is 4.79 Å². The van der Waals surface area contributed by atoms with E-state index in [1.807, 2.05) is 36.6 Å². The lowest BCUT2D eigenvalue weighted by molar-refractivity contribution is -0.136. The van der Waals surface area contributed by atoms with Crippen molar-refractivity contribution >= 4 is 23.0 Å². The number of carboxylic acids is 1. The minimum absolute atomic E-state index is 0.0586. The van der Waals surface area contributed by atoms with E-state index < -0.39 is 5.97 Å². The highest BCUT2D eigenvalue weighted by atomic mass is 32.1. The zero-order valence-electron chi connectivity index (χ0n) is 11.6. The Balaban J connectivity index is 2.24. The molecule has 0 fully saturated rings. The molecule has 1 unspecified atom stereocenters. The van der Waals surface area contributed by atoms with E-state index in [4.69, 9.17) is 5.11 Å². The van der Waals surface area contributed by atoms with Gasteiger partial charge in [-0.25, -0.2) is 4.98 Å². The van der Waals surface area contributed by atoms with Crippen LogP contribution in [0, 0.1) is 6.92 Å². The second-order valence-corrected chi connectivity index (χ2v) is 5.48. The number of anilines is 1. The maximum atomic E-state index is 10.9. The van der Waals surface area contributed by atoms with Gasteiger partial charge in [-0.3, -0.25) is 4.79 Å². The third-order valence-electron chi connectivity index (χ3n) is 3.28. The summed E-state index contributed by atoms with van der Waals surface area (Å²) in [4.78, 5) is 17.3. The van der Waals surface area contributed by atoms with Crippen LogP contribution in [0.3, 0.4) is 0 Å². The van der Waals surface area contributed by atoms with Crippen molar-refractivity contribution in [3.8, 4) is 0 Å². The van der Waals surface area contributed by atoms with Gasteiger partial charge in [-0.1, -0.05) is 17.7 Å². The summed E-state index contributed by atoms with van der Waals surface area (Å²) < 4.78 is 0. The molecule has 20 heavy (non-hydrogen) atoms. The maximum absolute atomic E-state index is 10.9. The molecule has 106 valence electrons. The summed E-state index contributed by atoms with van der Waals surface area (Å²) >= 11 is 1.55. The number of thiazole rings is 1. The Bertz CT molecular complexity index is 552. The Labute approximate surface area is 122 Å². The number of rotatable bonds is 6. The number of carbonyl (C=O) groups is 1. The Kier molecular flexibility index (Phi) is 4.74. The highest BCUT2D eigenvalue weighted by molar-refractivity contribution is 7.07. The maximum Gasteiger partial charge on any atom is 0.305 e. The second-order valence-electron chi connectivity index (χ2n) is 4.76. The summed E-state index contributed by atoms with van der Waals surface area (Å²) in [6, 6.07) is 8.19. The van der Waals surface area contributed by atoms with Crippen LogP contribution in [0.5, 0.6) is 0 Å². The van der Waals surface area contributed by atoms with Gasteiger partial charge in [0.2, 0.25) is 0 Å². The number of hydrogen-bond acceptors (Lipinski definition) is 4. The van der Waals surface area contributed by atoms with Crippen LogP contribution in [0.2, 0.25) is 0 Å². The van der Waals surface area contributed by atoms with E-state index >= 15 is 0 Å². The van der Waals surface area contributed by atoms with Gasteiger partial charge in [0.15, 0.2) is 0 Å². The number of hydrogen-bond donors (Lipinski definition) is 1. The van der Waals surface area contributed by atoms with Gasteiger partial charge >= 0.3 is 5.97 Å². The molecule has 0 saturated carbocycles. The standard InChI is InChI=1S/C15H18N2O2S/c1-11-3-5-13(6-4-11)17(8-7-15(18)19)12(2)14-9-20-10-16-14/h3-6,9-10,12H,7-8H2,1-2H3,(H,18,19). The highest BCUT2D eigenvalue weighted by Crippen LogP contribution is 2.27. The largest absolute Gasteiger partial charge is 0.481 e. The molecule has 4 nitrogen and oxygen atoms in total.